The van der Waals surface area contributed by atoms with Crippen molar-refractivity contribution >= 4 is 15.9 Å². The van der Waals surface area contributed by atoms with E-state index in [2.05, 4.69) is 21.2 Å². The Labute approximate surface area is 91.9 Å². The molecule has 1 atom stereocenters. The van der Waals surface area contributed by atoms with Crippen molar-refractivity contribution in [1.29, 1.82) is 0 Å². The zero-order valence-corrected chi connectivity index (χ0v) is 9.58. The number of nitrogens with one attached hydrogen (secondary N) is 1. The van der Waals surface area contributed by atoms with E-state index in [0.717, 1.165) is 10.0 Å². The molecule has 0 fully saturated rings. The molecule has 0 saturated carbocycles. The molecule has 0 spiro atoms. The molecule has 4 heteroatoms. The van der Waals surface area contributed by atoms with Gasteiger partial charge in [-0.05, 0) is 25.1 Å². The van der Waals surface area contributed by atoms with Crippen molar-refractivity contribution in [3.8, 4) is 5.75 Å². The van der Waals surface area contributed by atoms with E-state index in [1.54, 1.807) is 19.1 Å². The third-order valence-electron chi connectivity index (χ3n) is 1.80. The fourth-order valence-corrected chi connectivity index (χ4v) is 1.52. The summed E-state index contributed by atoms with van der Waals surface area (Å²) in [5.41, 5.74) is 0.819. The van der Waals surface area contributed by atoms with Gasteiger partial charge < -0.3 is 15.5 Å². The molecule has 0 aromatic heterocycles. The number of benzene rings is 1. The maximum Gasteiger partial charge on any atom is 0.120 e. The molecular formula is C10H14BrNO2. The lowest BCUT2D eigenvalue weighted by atomic mass is 10.2. The first-order valence-electron chi connectivity index (χ1n) is 4.46. The van der Waals surface area contributed by atoms with Gasteiger partial charge in [0.05, 0.1) is 6.10 Å². The predicted octanol–water partition coefficient (Wildman–Crippen LogP) is 1.63. The second-order valence-electron chi connectivity index (χ2n) is 3.25. The van der Waals surface area contributed by atoms with Crippen LogP contribution in [0.2, 0.25) is 0 Å². The van der Waals surface area contributed by atoms with Gasteiger partial charge >= 0.3 is 0 Å². The SMILES string of the molecule is C[C@H](O)CNCc1cc(Br)ccc1O. The molecular weight excluding hydrogens is 246 g/mol. The fraction of sp³-hybridized carbons (Fsp3) is 0.400. The molecule has 0 aliphatic heterocycles. The summed E-state index contributed by atoms with van der Waals surface area (Å²) in [7, 11) is 0. The zero-order valence-electron chi connectivity index (χ0n) is 8.00. The lowest BCUT2D eigenvalue weighted by Gasteiger charge is -2.08. The summed E-state index contributed by atoms with van der Waals surface area (Å²) in [6, 6.07) is 5.28. The number of aliphatic hydroxyl groups is 1. The second kappa shape index (κ2) is 5.34. The van der Waals surface area contributed by atoms with Gasteiger partial charge in [-0.15, -0.1) is 0 Å². The van der Waals surface area contributed by atoms with Gasteiger partial charge in [-0.1, -0.05) is 15.9 Å². The quantitative estimate of drug-likeness (QED) is 0.771. The van der Waals surface area contributed by atoms with Crippen LogP contribution in [0.25, 0.3) is 0 Å². The van der Waals surface area contributed by atoms with E-state index >= 15 is 0 Å². The molecule has 78 valence electrons. The van der Waals surface area contributed by atoms with Crippen LogP contribution >= 0.6 is 15.9 Å². The molecule has 0 aliphatic rings. The monoisotopic (exact) mass is 259 g/mol. The Hall–Kier alpha value is -0.580. The Morgan fingerprint density at radius 1 is 1.50 bits per heavy atom. The maximum atomic E-state index is 9.48. The molecule has 1 aromatic rings. The number of aromatic hydroxyl groups is 1. The second-order valence-corrected chi connectivity index (χ2v) is 4.17. The van der Waals surface area contributed by atoms with E-state index in [1.807, 2.05) is 6.07 Å². The van der Waals surface area contributed by atoms with Gasteiger partial charge in [-0.25, -0.2) is 0 Å². The summed E-state index contributed by atoms with van der Waals surface area (Å²) in [6.45, 7) is 2.79. The van der Waals surface area contributed by atoms with Crippen LogP contribution in [0.4, 0.5) is 0 Å². The Kier molecular flexibility index (Phi) is 4.38. The number of rotatable bonds is 4. The number of aliphatic hydroxyl groups excluding tert-OH is 1. The third kappa shape index (κ3) is 3.65. The summed E-state index contributed by atoms with van der Waals surface area (Å²) >= 11 is 3.33. The molecule has 3 nitrogen and oxygen atoms in total. The summed E-state index contributed by atoms with van der Waals surface area (Å²) in [6.07, 6.45) is -0.371. The molecule has 0 aliphatic carbocycles. The molecule has 14 heavy (non-hydrogen) atoms. The highest BCUT2D eigenvalue weighted by Gasteiger charge is 2.02. The van der Waals surface area contributed by atoms with Gasteiger partial charge in [0.25, 0.3) is 0 Å². The van der Waals surface area contributed by atoms with E-state index in [9.17, 15) is 5.11 Å². The lowest BCUT2D eigenvalue weighted by Crippen LogP contribution is -2.23. The predicted molar refractivity (Wildman–Crippen MR) is 59.2 cm³/mol. The highest BCUT2D eigenvalue weighted by atomic mass is 79.9. The fourth-order valence-electron chi connectivity index (χ4n) is 1.11. The first kappa shape index (κ1) is 11.5. The van der Waals surface area contributed by atoms with Crippen molar-refractivity contribution in [3.63, 3.8) is 0 Å². The summed E-state index contributed by atoms with van der Waals surface area (Å²) in [4.78, 5) is 0. The van der Waals surface area contributed by atoms with Crippen molar-refractivity contribution in [2.75, 3.05) is 6.54 Å². The van der Waals surface area contributed by atoms with Crippen LogP contribution in [0.3, 0.4) is 0 Å². The maximum absolute atomic E-state index is 9.48. The zero-order chi connectivity index (χ0) is 10.6. The standard InChI is InChI=1S/C10H14BrNO2/c1-7(13)5-12-6-8-4-9(11)2-3-10(8)14/h2-4,7,12-14H,5-6H2,1H3/t7-/m0/s1. The number of hydrogen-bond acceptors (Lipinski definition) is 3. The van der Waals surface area contributed by atoms with Gasteiger partial charge in [0.2, 0.25) is 0 Å². The molecule has 0 heterocycles. The van der Waals surface area contributed by atoms with Crippen LogP contribution in [0, 0.1) is 0 Å². The molecule has 1 rings (SSSR count). The van der Waals surface area contributed by atoms with Crippen LogP contribution in [0.1, 0.15) is 12.5 Å². The molecule has 1 aromatic carbocycles. The van der Waals surface area contributed by atoms with Gasteiger partial charge in [-0.3, -0.25) is 0 Å². The van der Waals surface area contributed by atoms with Crippen LogP contribution in [-0.2, 0) is 6.54 Å². The Morgan fingerprint density at radius 2 is 2.21 bits per heavy atom. The van der Waals surface area contributed by atoms with E-state index in [0.29, 0.717) is 13.1 Å². The molecule has 0 unspecified atom stereocenters. The molecule has 0 amide bonds. The van der Waals surface area contributed by atoms with Gasteiger partial charge in [0, 0.05) is 23.1 Å². The normalized spacial score (nSPS) is 12.8. The Bertz CT molecular complexity index is 302. The van der Waals surface area contributed by atoms with E-state index < -0.39 is 0 Å². The molecule has 0 radical (unpaired) electrons. The number of hydrogen-bond donors (Lipinski definition) is 3. The minimum absolute atomic E-state index is 0.270. The smallest absolute Gasteiger partial charge is 0.120 e. The average Bonchev–Trinajstić information content (AvgIpc) is 2.10. The van der Waals surface area contributed by atoms with Crippen molar-refractivity contribution in [2.45, 2.75) is 19.6 Å². The van der Waals surface area contributed by atoms with E-state index in [4.69, 9.17) is 5.11 Å². The number of phenolic OH excluding ortho intramolecular Hbond substituents is 1. The van der Waals surface area contributed by atoms with Crippen LogP contribution in [0.5, 0.6) is 5.75 Å². The minimum atomic E-state index is -0.371. The summed E-state index contributed by atoms with van der Waals surface area (Å²) < 4.78 is 0.934. The minimum Gasteiger partial charge on any atom is -0.508 e. The summed E-state index contributed by atoms with van der Waals surface area (Å²) in [5.74, 6) is 0.270. The topological polar surface area (TPSA) is 52.5 Å². The third-order valence-corrected chi connectivity index (χ3v) is 2.29. The lowest BCUT2D eigenvalue weighted by molar-refractivity contribution is 0.191. The Morgan fingerprint density at radius 3 is 2.86 bits per heavy atom. The molecule has 3 N–H and O–H groups in total. The number of phenols is 1. The first-order chi connectivity index (χ1) is 6.59. The van der Waals surface area contributed by atoms with Crippen molar-refractivity contribution in [1.82, 2.24) is 5.32 Å². The Balaban J connectivity index is 2.53. The number of halogens is 1. The van der Waals surface area contributed by atoms with Gasteiger partial charge in [0.1, 0.15) is 5.75 Å². The van der Waals surface area contributed by atoms with E-state index in [-0.39, 0.29) is 11.9 Å². The summed E-state index contributed by atoms with van der Waals surface area (Å²) in [5, 5.41) is 21.5. The van der Waals surface area contributed by atoms with Crippen LogP contribution in [0.15, 0.2) is 22.7 Å². The van der Waals surface area contributed by atoms with Crippen molar-refractivity contribution < 1.29 is 10.2 Å². The highest BCUT2D eigenvalue weighted by Crippen LogP contribution is 2.21. The molecule has 0 bridgehead atoms. The van der Waals surface area contributed by atoms with E-state index in [1.165, 1.54) is 0 Å². The van der Waals surface area contributed by atoms with Crippen molar-refractivity contribution in [2.24, 2.45) is 0 Å². The van der Waals surface area contributed by atoms with Crippen molar-refractivity contribution in [3.05, 3.63) is 28.2 Å². The first-order valence-corrected chi connectivity index (χ1v) is 5.25. The average molecular weight is 260 g/mol. The largest absolute Gasteiger partial charge is 0.508 e. The van der Waals surface area contributed by atoms with Crippen LogP contribution < -0.4 is 5.32 Å². The van der Waals surface area contributed by atoms with Gasteiger partial charge in [-0.2, -0.15) is 0 Å². The van der Waals surface area contributed by atoms with Crippen LogP contribution in [-0.4, -0.2) is 22.9 Å². The van der Waals surface area contributed by atoms with Gasteiger partial charge in [0.15, 0.2) is 0 Å². The highest BCUT2D eigenvalue weighted by molar-refractivity contribution is 9.10. The molecule has 0 saturated heterocycles.